The second-order valence-electron chi connectivity index (χ2n) is 5.12. The van der Waals surface area contributed by atoms with Crippen molar-refractivity contribution in [2.75, 3.05) is 13.1 Å². The molecule has 0 spiro atoms. The number of nitrogens with two attached hydrogens (primary N) is 1. The molecular formula is C16H22N2. The third-order valence-electron chi connectivity index (χ3n) is 3.12. The summed E-state index contributed by atoms with van der Waals surface area (Å²) in [5.74, 6) is 0. The number of aryl methyl sites for hydroxylation is 1. The van der Waals surface area contributed by atoms with Crippen LogP contribution in [-0.2, 0) is 6.42 Å². The van der Waals surface area contributed by atoms with Crippen LogP contribution in [0.15, 0.2) is 36.4 Å². The van der Waals surface area contributed by atoms with Crippen LogP contribution in [0.2, 0.25) is 0 Å². The molecule has 0 fully saturated rings. The molecule has 0 heterocycles. The molecule has 0 aromatic heterocycles. The average Bonchev–Trinajstić information content (AvgIpc) is 2.34. The lowest BCUT2D eigenvalue weighted by atomic mass is 10.0. The highest BCUT2D eigenvalue weighted by molar-refractivity contribution is 5.83. The van der Waals surface area contributed by atoms with Gasteiger partial charge in [0, 0.05) is 12.6 Å². The molecule has 0 bridgehead atoms. The summed E-state index contributed by atoms with van der Waals surface area (Å²) in [4.78, 5) is 0. The summed E-state index contributed by atoms with van der Waals surface area (Å²) in [6.45, 7) is 6.02. The largest absolute Gasteiger partial charge is 0.327 e. The molecule has 18 heavy (non-hydrogen) atoms. The molecule has 3 N–H and O–H groups in total. The predicted octanol–water partition coefficient (Wildman–Crippen LogP) is 2.63. The zero-order valence-electron chi connectivity index (χ0n) is 11.2. The lowest BCUT2D eigenvalue weighted by Gasteiger charge is -2.08. The monoisotopic (exact) mass is 242 g/mol. The minimum absolute atomic E-state index is 0.226. The molecule has 96 valence electrons. The van der Waals surface area contributed by atoms with E-state index in [0.717, 1.165) is 19.5 Å². The van der Waals surface area contributed by atoms with Crippen LogP contribution in [0, 0.1) is 6.92 Å². The van der Waals surface area contributed by atoms with Gasteiger partial charge in [0.1, 0.15) is 0 Å². The van der Waals surface area contributed by atoms with E-state index < -0.39 is 0 Å². The molecule has 0 amide bonds. The first kappa shape index (κ1) is 13.1. The summed E-state index contributed by atoms with van der Waals surface area (Å²) >= 11 is 0. The lowest BCUT2D eigenvalue weighted by molar-refractivity contribution is 0.609. The zero-order chi connectivity index (χ0) is 13.0. The van der Waals surface area contributed by atoms with E-state index in [-0.39, 0.29) is 6.04 Å². The number of nitrogens with one attached hydrogen (secondary N) is 1. The molecule has 0 aliphatic carbocycles. The van der Waals surface area contributed by atoms with Crippen LogP contribution >= 0.6 is 0 Å². The number of rotatable bonds is 5. The van der Waals surface area contributed by atoms with Crippen molar-refractivity contribution in [1.29, 1.82) is 0 Å². The molecule has 2 aromatic rings. The highest BCUT2D eigenvalue weighted by Gasteiger charge is 1.98. The highest BCUT2D eigenvalue weighted by Crippen LogP contribution is 2.17. The van der Waals surface area contributed by atoms with Crippen molar-refractivity contribution in [2.45, 2.75) is 26.3 Å². The summed E-state index contributed by atoms with van der Waals surface area (Å²) in [7, 11) is 0. The molecule has 2 heteroatoms. The fraction of sp³-hybridized carbons (Fsp3) is 0.375. The van der Waals surface area contributed by atoms with Crippen LogP contribution in [0.3, 0.4) is 0 Å². The average molecular weight is 242 g/mol. The van der Waals surface area contributed by atoms with E-state index in [4.69, 9.17) is 5.73 Å². The summed E-state index contributed by atoms with van der Waals surface area (Å²) in [6.07, 6.45) is 1.05. The van der Waals surface area contributed by atoms with Crippen LogP contribution < -0.4 is 11.1 Å². The third-order valence-corrected chi connectivity index (χ3v) is 3.12. The molecule has 2 rings (SSSR count). The van der Waals surface area contributed by atoms with Gasteiger partial charge in [-0.1, -0.05) is 42.0 Å². The van der Waals surface area contributed by atoms with Gasteiger partial charge in [-0.2, -0.15) is 0 Å². The van der Waals surface area contributed by atoms with Gasteiger partial charge >= 0.3 is 0 Å². The van der Waals surface area contributed by atoms with Crippen molar-refractivity contribution in [3.63, 3.8) is 0 Å². The minimum atomic E-state index is 0.226. The van der Waals surface area contributed by atoms with Crippen molar-refractivity contribution < 1.29 is 0 Å². The molecule has 0 radical (unpaired) electrons. The quantitative estimate of drug-likeness (QED) is 0.791. The predicted molar refractivity (Wildman–Crippen MR) is 78.9 cm³/mol. The summed E-state index contributed by atoms with van der Waals surface area (Å²) in [6, 6.07) is 13.5. The topological polar surface area (TPSA) is 38.0 Å². The van der Waals surface area contributed by atoms with E-state index in [1.165, 1.54) is 21.9 Å². The van der Waals surface area contributed by atoms with Gasteiger partial charge < -0.3 is 11.1 Å². The van der Waals surface area contributed by atoms with Crippen molar-refractivity contribution in [3.8, 4) is 0 Å². The minimum Gasteiger partial charge on any atom is -0.327 e. The molecule has 2 aromatic carbocycles. The van der Waals surface area contributed by atoms with Gasteiger partial charge in [0.25, 0.3) is 0 Å². The first-order valence-electron chi connectivity index (χ1n) is 6.61. The van der Waals surface area contributed by atoms with E-state index in [2.05, 4.69) is 48.6 Å². The Kier molecular flexibility index (Phi) is 4.34. The first-order valence-corrected chi connectivity index (χ1v) is 6.61. The molecular weight excluding hydrogens is 220 g/mol. The van der Waals surface area contributed by atoms with Crippen LogP contribution in [0.5, 0.6) is 0 Å². The Bertz CT molecular complexity index is 517. The van der Waals surface area contributed by atoms with E-state index in [0.29, 0.717) is 0 Å². The number of benzene rings is 2. The molecule has 1 unspecified atom stereocenters. The maximum Gasteiger partial charge on any atom is 0.0136 e. The standard InChI is InChI=1S/C16H22N2/c1-12-3-5-16-10-14(4-6-15(16)9-12)7-8-18-11-13(2)17/h3-6,9-10,13,18H,7-8,11,17H2,1-2H3. The maximum atomic E-state index is 5.70. The van der Waals surface area contributed by atoms with E-state index in [9.17, 15) is 0 Å². The number of hydrogen-bond donors (Lipinski definition) is 2. The number of fused-ring (bicyclic) bond motifs is 1. The van der Waals surface area contributed by atoms with E-state index in [1.807, 2.05) is 6.92 Å². The van der Waals surface area contributed by atoms with Crippen LogP contribution in [0.25, 0.3) is 10.8 Å². The van der Waals surface area contributed by atoms with Crippen LogP contribution in [0.1, 0.15) is 18.1 Å². The van der Waals surface area contributed by atoms with Crippen molar-refractivity contribution >= 4 is 10.8 Å². The first-order chi connectivity index (χ1) is 8.65. The normalized spacial score (nSPS) is 12.8. The fourth-order valence-electron chi connectivity index (χ4n) is 2.13. The Labute approximate surface area is 109 Å². The SMILES string of the molecule is Cc1ccc2cc(CCNCC(C)N)ccc2c1. The Morgan fingerprint density at radius 3 is 2.61 bits per heavy atom. The number of hydrogen-bond acceptors (Lipinski definition) is 2. The smallest absolute Gasteiger partial charge is 0.0136 e. The van der Waals surface area contributed by atoms with Gasteiger partial charge in [0.15, 0.2) is 0 Å². The summed E-state index contributed by atoms with van der Waals surface area (Å²) in [5, 5.41) is 6.01. The van der Waals surface area contributed by atoms with Gasteiger partial charge in [-0.25, -0.2) is 0 Å². The molecule has 0 aliphatic heterocycles. The molecule has 2 nitrogen and oxygen atoms in total. The third kappa shape index (κ3) is 3.56. The summed E-state index contributed by atoms with van der Waals surface area (Å²) in [5.41, 5.74) is 8.39. The zero-order valence-corrected chi connectivity index (χ0v) is 11.2. The van der Waals surface area contributed by atoms with Crippen molar-refractivity contribution in [3.05, 3.63) is 47.5 Å². The fourth-order valence-corrected chi connectivity index (χ4v) is 2.13. The van der Waals surface area contributed by atoms with Crippen LogP contribution in [-0.4, -0.2) is 19.1 Å². The van der Waals surface area contributed by atoms with Gasteiger partial charge in [0.05, 0.1) is 0 Å². The van der Waals surface area contributed by atoms with Gasteiger partial charge in [-0.3, -0.25) is 0 Å². The van der Waals surface area contributed by atoms with Crippen molar-refractivity contribution in [2.24, 2.45) is 5.73 Å². The van der Waals surface area contributed by atoms with Gasteiger partial charge in [-0.05, 0) is 43.1 Å². The summed E-state index contributed by atoms with van der Waals surface area (Å²) < 4.78 is 0. The molecule has 0 saturated carbocycles. The molecule has 1 atom stereocenters. The Balaban J connectivity index is 1.99. The lowest BCUT2D eigenvalue weighted by Crippen LogP contribution is -2.32. The van der Waals surface area contributed by atoms with Gasteiger partial charge in [0.2, 0.25) is 0 Å². The molecule has 0 saturated heterocycles. The Morgan fingerprint density at radius 2 is 1.83 bits per heavy atom. The Morgan fingerprint density at radius 1 is 1.11 bits per heavy atom. The van der Waals surface area contributed by atoms with E-state index >= 15 is 0 Å². The van der Waals surface area contributed by atoms with Gasteiger partial charge in [-0.15, -0.1) is 0 Å². The maximum absolute atomic E-state index is 5.70. The second-order valence-corrected chi connectivity index (χ2v) is 5.12. The highest BCUT2D eigenvalue weighted by atomic mass is 14.9. The molecule has 0 aliphatic rings. The van der Waals surface area contributed by atoms with E-state index in [1.54, 1.807) is 0 Å². The second kappa shape index (κ2) is 5.98. The van der Waals surface area contributed by atoms with Crippen molar-refractivity contribution in [1.82, 2.24) is 5.32 Å². The van der Waals surface area contributed by atoms with Crippen LogP contribution in [0.4, 0.5) is 0 Å². The Hall–Kier alpha value is -1.38.